The van der Waals surface area contributed by atoms with Gasteiger partial charge in [0.15, 0.2) is 11.5 Å². The number of carbonyl (C=O) groups is 3. The van der Waals surface area contributed by atoms with Crippen LogP contribution in [0.2, 0.25) is 0 Å². The number of likely N-dealkylation sites (N-methyl/N-ethyl adjacent to an activating group) is 1. The van der Waals surface area contributed by atoms with Crippen molar-refractivity contribution < 1.29 is 38.1 Å². The molecule has 0 bridgehead atoms. The van der Waals surface area contributed by atoms with Crippen LogP contribution in [0, 0.1) is 0 Å². The number of methoxy groups -OCH3 is 1. The van der Waals surface area contributed by atoms with E-state index in [0.717, 1.165) is 5.56 Å². The predicted octanol–water partition coefficient (Wildman–Crippen LogP) is 1.87. The van der Waals surface area contributed by atoms with Crippen LogP contribution in [-0.4, -0.2) is 56.7 Å². The maximum atomic E-state index is 12.0. The van der Waals surface area contributed by atoms with E-state index in [9.17, 15) is 14.4 Å². The van der Waals surface area contributed by atoms with E-state index in [1.807, 2.05) is 25.1 Å². The van der Waals surface area contributed by atoms with E-state index in [1.54, 1.807) is 7.05 Å². The molecule has 1 aliphatic heterocycles. The van der Waals surface area contributed by atoms with Crippen LogP contribution in [0.3, 0.4) is 0 Å². The van der Waals surface area contributed by atoms with Crippen LogP contribution >= 0.6 is 0 Å². The molecule has 0 N–H and O–H groups in total. The molecule has 1 aromatic rings. The van der Waals surface area contributed by atoms with Crippen molar-refractivity contribution >= 4 is 18.0 Å². The number of rotatable bonds is 8. The van der Waals surface area contributed by atoms with Gasteiger partial charge in [-0.05, 0) is 31.0 Å². The van der Waals surface area contributed by atoms with Gasteiger partial charge >= 0.3 is 18.0 Å². The van der Waals surface area contributed by atoms with E-state index in [-0.39, 0.29) is 25.7 Å². The lowest BCUT2D eigenvalue weighted by molar-refractivity contribution is -0.155. The van der Waals surface area contributed by atoms with E-state index < -0.39 is 24.8 Å². The Morgan fingerprint density at radius 3 is 2.56 bits per heavy atom. The molecule has 9 nitrogen and oxygen atoms in total. The quantitative estimate of drug-likeness (QED) is 0.497. The van der Waals surface area contributed by atoms with Gasteiger partial charge in [0, 0.05) is 13.1 Å². The normalized spacial score (nSPS) is 12.9. The molecule has 1 atom stereocenters. The molecule has 9 heteroatoms. The third-order valence-electron chi connectivity index (χ3n) is 4.08. The average Bonchev–Trinajstić information content (AvgIpc) is 3.13. The van der Waals surface area contributed by atoms with Gasteiger partial charge in [-0.25, -0.2) is 4.79 Å². The van der Waals surface area contributed by atoms with E-state index in [2.05, 4.69) is 4.74 Å². The first kappa shape index (κ1) is 20.3. The van der Waals surface area contributed by atoms with Gasteiger partial charge in [0.25, 0.3) is 0 Å². The van der Waals surface area contributed by atoms with Crippen molar-refractivity contribution in [3.05, 3.63) is 23.8 Å². The zero-order valence-electron chi connectivity index (χ0n) is 15.6. The fourth-order valence-electron chi connectivity index (χ4n) is 2.35. The van der Waals surface area contributed by atoms with Crippen LogP contribution in [0.15, 0.2) is 18.2 Å². The van der Waals surface area contributed by atoms with E-state index in [1.165, 1.54) is 12.0 Å². The predicted molar refractivity (Wildman–Crippen MR) is 92.2 cm³/mol. The lowest BCUT2D eigenvalue weighted by Gasteiger charge is -2.24. The van der Waals surface area contributed by atoms with Crippen molar-refractivity contribution in [2.75, 3.05) is 27.7 Å². The van der Waals surface area contributed by atoms with Crippen LogP contribution in [0.5, 0.6) is 11.5 Å². The van der Waals surface area contributed by atoms with Crippen LogP contribution in [-0.2, 0) is 30.2 Å². The zero-order chi connectivity index (χ0) is 19.8. The number of esters is 2. The molecule has 1 unspecified atom stereocenters. The Balaban J connectivity index is 1.72. The minimum atomic E-state index is -0.649. The second-order valence-corrected chi connectivity index (χ2v) is 5.97. The lowest BCUT2D eigenvalue weighted by atomic mass is 10.1. The summed E-state index contributed by atoms with van der Waals surface area (Å²) in [5.74, 6) is 0.224. The molecule has 0 fully saturated rings. The molecule has 148 valence electrons. The Bertz CT molecular complexity index is 690. The molecule has 0 aliphatic carbocycles. The SMILES string of the molecule is COC(=O)CCC(=O)OCOC(=O)N(C)C(C)Cc1ccc2c(c1)OCO2. The first-order chi connectivity index (χ1) is 12.9. The Morgan fingerprint density at radius 1 is 1.11 bits per heavy atom. The smallest absolute Gasteiger partial charge is 0.412 e. The first-order valence-electron chi connectivity index (χ1n) is 8.41. The largest absolute Gasteiger partial charge is 0.469 e. The van der Waals surface area contributed by atoms with Gasteiger partial charge in [-0.15, -0.1) is 0 Å². The summed E-state index contributed by atoms with van der Waals surface area (Å²) in [6.07, 6.45) is -0.263. The summed E-state index contributed by atoms with van der Waals surface area (Å²) in [6.45, 7) is 1.56. The number of carbonyl (C=O) groups excluding carboxylic acids is 3. The Hall–Kier alpha value is -2.97. The number of hydrogen-bond acceptors (Lipinski definition) is 8. The van der Waals surface area contributed by atoms with Gasteiger partial charge in [0.05, 0.1) is 20.0 Å². The van der Waals surface area contributed by atoms with Gasteiger partial charge in [-0.1, -0.05) is 6.07 Å². The highest BCUT2D eigenvalue weighted by Crippen LogP contribution is 2.32. The van der Waals surface area contributed by atoms with Gasteiger partial charge in [-0.3, -0.25) is 9.59 Å². The third kappa shape index (κ3) is 6.05. The summed E-state index contributed by atoms with van der Waals surface area (Å²) in [5, 5.41) is 0. The molecule has 27 heavy (non-hydrogen) atoms. The third-order valence-corrected chi connectivity index (χ3v) is 4.08. The number of nitrogens with zero attached hydrogens (tertiary/aromatic N) is 1. The molecule has 1 aliphatic rings. The fourth-order valence-corrected chi connectivity index (χ4v) is 2.35. The van der Waals surface area contributed by atoms with E-state index in [0.29, 0.717) is 17.9 Å². The highest BCUT2D eigenvalue weighted by atomic mass is 16.7. The number of hydrogen-bond donors (Lipinski definition) is 0. The van der Waals surface area contributed by atoms with Crippen molar-refractivity contribution in [1.82, 2.24) is 4.90 Å². The average molecular weight is 381 g/mol. The summed E-state index contributed by atoms with van der Waals surface area (Å²) in [4.78, 5) is 35.8. The Labute approximate surface area is 157 Å². The van der Waals surface area contributed by atoms with Gasteiger partial charge in [0.2, 0.25) is 13.6 Å². The van der Waals surface area contributed by atoms with Crippen molar-refractivity contribution in [3.63, 3.8) is 0 Å². The molecular weight excluding hydrogens is 358 g/mol. The van der Waals surface area contributed by atoms with E-state index >= 15 is 0 Å². The molecule has 0 saturated carbocycles. The summed E-state index contributed by atoms with van der Waals surface area (Å²) in [6, 6.07) is 5.46. The topological polar surface area (TPSA) is 101 Å². The van der Waals surface area contributed by atoms with Crippen molar-refractivity contribution in [1.29, 1.82) is 0 Å². The van der Waals surface area contributed by atoms with Crippen LogP contribution in [0.25, 0.3) is 0 Å². The second kappa shape index (κ2) is 9.65. The Kier molecular flexibility index (Phi) is 7.27. The highest BCUT2D eigenvalue weighted by molar-refractivity contribution is 5.77. The van der Waals surface area contributed by atoms with Crippen molar-refractivity contribution in [2.45, 2.75) is 32.2 Å². The maximum Gasteiger partial charge on any atom is 0.412 e. The minimum absolute atomic E-state index is 0.0876. The molecule has 1 amide bonds. The lowest BCUT2D eigenvalue weighted by Crippen LogP contribution is -2.37. The molecule has 0 radical (unpaired) electrons. The number of amides is 1. The molecule has 1 heterocycles. The van der Waals surface area contributed by atoms with Crippen molar-refractivity contribution in [2.24, 2.45) is 0 Å². The first-order valence-corrected chi connectivity index (χ1v) is 8.41. The fraction of sp³-hybridized carbons (Fsp3) is 0.500. The van der Waals surface area contributed by atoms with Gasteiger partial charge in [-0.2, -0.15) is 0 Å². The van der Waals surface area contributed by atoms with Crippen LogP contribution in [0.4, 0.5) is 4.79 Å². The zero-order valence-corrected chi connectivity index (χ0v) is 15.6. The van der Waals surface area contributed by atoms with Crippen molar-refractivity contribution in [3.8, 4) is 11.5 Å². The minimum Gasteiger partial charge on any atom is -0.469 e. The van der Waals surface area contributed by atoms with Gasteiger partial charge in [0.1, 0.15) is 0 Å². The number of benzene rings is 1. The molecule has 0 spiro atoms. The molecular formula is C18H23NO8. The molecule has 1 aromatic carbocycles. The summed E-state index contributed by atoms with van der Waals surface area (Å²) in [5.41, 5.74) is 0.987. The van der Waals surface area contributed by atoms with Gasteiger partial charge < -0.3 is 28.6 Å². The maximum absolute atomic E-state index is 12.0. The molecule has 0 saturated heterocycles. The summed E-state index contributed by atoms with van der Waals surface area (Å²) < 4.78 is 24.7. The van der Waals surface area contributed by atoms with Crippen LogP contribution in [0.1, 0.15) is 25.3 Å². The van der Waals surface area contributed by atoms with E-state index in [4.69, 9.17) is 18.9 Å². The second-order valence-electron chi connectivity index (χ2n) is 5.97. The monoisotopic (exact) mass is 381 g/mol. The standard InChI is InChI=1S/C18H23NO8/c1-12(8-13-4-5-14-15(9-13)25-10-24-14)19(2)18(22)27-11-26-17(21)7-6-16(20)23-3/h4-5,9,12H,6-8,10-11H2,1-3H3. The Morgan fingerprint density at radius 2 is 1.81 bits per heavy atom. The highest BCUT2D eigenvalue weighted by Gasteiger charge is 2.20. The number of fused-ring (bicyclic) bond motifs is 1. The number of ether oxygens (including phenoxy) is 5. The summed E-state index contributed by atoms with van der Waals surface area (Å²) in [7, 11) is 2.83. The molecule has 2 rings (SSSR count). The van der Waals surface area contributed by atoms with Crippen LogP contribution < -0.4 is 9.47 Å². The molecule has 0 aromatic heterocycles. The summed E-state index contributed by atoms with van der Waals surface area (Å²) >= 11 is 0.